The van der Waals surface area contributed by atoms with Crippen LogP contribution in [0.5, 0.6) is 0 Å². The van der Waals surface area contributed by atoms with Crippen molar-refractivity contribution in [1.29, 1.82) is 0 Å². The van der Waals surface area contributed by atoms with Crippen molar-refractivity contribution < 1.29 is 18.9 Å². The predicted octanol–water partition coefficient (Wildman–Crippen LogP) is 5.10. The number of carbonyl (C=O) groups is 3. The molecule has 4 aromatic rings. The summed E-state index contributed by atoms with van der Waals surface area (Å²) in [6.45, 7) is 3.06. The van der Waals surface area contributed by atoms with Crippen LogP contribution < -0.4 is 16.0 Å². The molecule has 0 aliphatic carbocycles. The Labute approximate surface area is 218 Å². The molecule has 4 rings (SSSR count). The second-order valence-corrected chi connectivity index (χ2v) is 9.97. The van der Waals surface area contributed by atoms with Crippen LogP contribution in [0.1, 0.15) is 23.0 Å². The summed E-state index contributed by atoms with van der Waals surface area (Å²) >= 11 is 8.58. The van der Waals surface area contributed by atoms with E-state index in [0.29, 0.717) is 37.8 Å². The van der Waals surface area contributed by atoms with Gasteiger partial charge in [0.25, 0.3) is 5.91 Å². The Hall–Kier alpha value is -3.74. The highest BCUT2D eigenvalue weighted by atomic mass is 35.5. The lowest BCUT2D eigenvalue weighted by Crippen LogP contribution is -2.14. The topological polar surface area (TPSA) is 139 Å². The fourth-order valence-electron chi connectivity index (χ4n) is 3.12. The van der Waals surface area contributed by atoms with Gasteiger partial charge in [0.15, 0.2) is 4.34 Å². The molecule has 0 aliphatic heterocycles. The highest BCUT2D eigenvalue weighted by Gasteiger charge is 2.24. The lowest BCUT2D eigenvalue weighted by atomic mass is 10.1. The number of thioether (sulfide) groups is 1. The molecule has 0 aliphatic rings. The summed E-state index contributed by atoms with van der Waals surface area (Å²) in [4.78, 5) is 36.3. The Morgan fingerprint density at radius 3 is 2.39 bits per heavy atom. The molecule has 0 spiro atoms. The van der Waals surface area contributed by atoms with Gasteiger partial charge in [0.05, 0.1) is 10.8 Å². The second-order valence-electron chi connectivity index (χ2n) is 7.36. The third-order valence-corrected chi connectivity index (χ3v) is 6.96. The predicted molar refractivity (Wildman–Crippen MR) is 140 cm³/mol. The molecule has 2 heterocycles. The molecule has 0 unspecified atom stereocenters. The minimum absolute atomic E-state index is 0.0947. The van der Waals surface area contributed by atoms with E-state index in [4.69, 9.17) is 16.1 Å². The van der Waals surface area contributed by atoms with Crippen molar-refractivity contribution in [2.45, 2.75) is 18.2 Å². The van der Waals surface area contributed by atoms with Gasteiger partial charge in [-0.25, -0.2) is 0 Å². The van der Waals surface area contributed by atoms with Gasteiger partial charge in [-0.15, -0.1) is 10.2 Å². The minimum Gasteiger partial charge on any atom is -0.360 e. The number of anilines is 3. The molecule has 3 amide bonds. The van der Waals surface area contributed by atoms with E-state index >= 15 is 0 Å². The Kier molecular flexibility index (Phi) is 7.98. The van der Waals surface area contributed by atoms with Crippen molar-refractivity contribution in [2.24, 2.45) is 0 Å². The van der Waals surface area contributed by atoms with Crippen LogP contribution in [0.25, 0.3) is 11.3 Å². The van der Waals surface area contributed by atoms with Gasteiger partial charge >= 0.3 is 0 Å². The van der Waals surface area contributed by atoms with Crippen molar-refractivity contribution in [3.8, 4) is 11.3 Å². The zero-order chi connectivity index (χ0) is 25.7. The third-order valence-electron chi connectivity index (χ3n) is 4.66. The van der Waals surface area contributed by atoms with E-state index < -0.39 is 5.91 Å². The van der Waals surface area contributed by atoms with Crippen LogP contribution in [-0.2, 0) is 9.59 Å². The third kappa shape index (κ3) is 6.27. The molecular weight excluding hydrogens is 524 g/mol. The highest BCUT2D eigenvalue weighted by Crippen LogP contribution is 2.32. The Morgan fingerprint density at radius 1 is 1.00 bits per heavy atom. The molecule has 0 bridgehead atoms. The lowest BCUT2D eigenvalue weighted by molar-refractivity contribution is -0.114. The number of carbonyl (C=O) groups excluding carboxylic acids is 3. The van der Waals surface area contributed by atoms with E-state index in [-0.39, 0.29) is 28.3 Å². The van der Waals surface area contributed by atoms with Crippen LogP contribution in [0.3, 0.4) is 0 Å². The summed E-state index contributed by atoms with van der Waals surface area (Å²) < 4.78 is 5.75. The van der Waals surface area contributed by atoms with E-state index in [1.807, 2.05) is 0 Å². The number of hydrogen-bond acceptors (Lipinski definition) is 9. The lowest BCUT2D eigenvalue weighted by Gasteiger charge is -2.06. The van der Waals surface area contributed by atoms with Crippen LogP contribution in [0.2, 0.25) is 5.02 Å². The van der Waals surface area contributed by atoms with E-state index in [0.717, 1.165) is 11.3 Å². The van der Waals surface area contributed by atoms with Gasteiger partial charge < -0.3 is 15.2 Å². The molecule has 10 nitrogen and oxygen atoms in total. The summed E-state index contributed by atoms with van der Waals surface area (Å²) in [6.07, 6.45) is 0. The summed E-state index contributed by atoms with van der Waals surface area (Å²) in [5.74, 6) is -0.441. The van der Waals surface area contributed by atoms with Crippen molar-refractivity contribution in [1.82, 2.24) is 15.4 Å². The number of nitrogens with zero attached hydrogens (tertiary/aromatic N) is 3. The molecule has 0 saturated heterocycles. The van der Waals surface area contributed by atoms with Crippen molar-refractivity contribution in [3.63, 3.8) is 0 Å². The zero-order valence-corrected chi connectivity index (χ0v) is 21.4. The smallest absolute Gasteiger partial charge is 0.263 e. The van der Waals surface area contributed by atoms with Crippen LogP contribution in [0, 0.1) is 6.92 Å². The van der Waals surface area contributed by atoms with Crippen LogP contribution >= 0.6 is 34.7 Å². The number of rotatable bonds is 8. The standard InChI is InChI=1S/C23H19ClN6O4S2/c1-12-19(20(30-34-12)16-5-3-4-6-17(16)24)21(33)27-22-28-29-23(36-22)35-11-18(32)26-15-9-7-14(8-10-15)25-13(2)31/h3-10H,11H2,1-2H3,(H,25,31)(H,26,32)(H,27,28,33). The Bertz CT molecular complexity index is 1420. The van der Waals surface area contributed by atoms with Gasteiger partial charge in [0.2, 0.25) is 16.9 Å². The van der Waals surface area contributed by atoms with Gasteiger partial charge in [0.1, 0.15) is 17.0 Å². The number of aryl methyl sites for hydroxylation is 1. The van der Waals surface area contributed by atoms with Gasteiger partial charge in [-0.05, 0) is 37.3 Å². The first-order valence-electron chi connectivity index (χ1n) is 10.5. The maximum atomic E-state index is 13.0. The van der Waals surface area contributed by atoms with Crippen molar-refractivity contribution >= 4 is 68.9 Å². The maximum absolute atomic E-state index is 13.0. The van der Waals surface area contributed by atoms with Crippen LogP contribution in [0.4, 0.5) is 16.5 Å². The highest BCUT2D eigenvalue weighted by molar-refractivity contribution is 8.01. The molecule has 0 fully saturated rings. The second kappa shape index (κ2) is 11.3. The molecule has 3 N–H and O–H groups in total. The van der Waals surface area contributed by atoms with Gasteiger partial charge in [-0.3, -0.25) is 19.7 Å². The molecule has 13 heteroatoms. The van der Waals surface area contributed by atoms with Gasteiger partial charge in [-0.1, -0.05) is 58.1 Å². The molecule has 0 saturated carbocycles. The first-order chi connectivity index (χ1) is 17.3. The number of nitrogens with one attached hydrogen (secondary N) is 3. The summed E-state index contributed by atoms with van der Waals surface area (Å²) in [7, 11) is 0. The summed E-state index contributed by atoms with van der Waals surface area (Å²) in [5, 5.41) is 20.8. The Balaban J connectivity index is 1.34. The SMILES string of the molecule is CC(=O)Nc1ccc(NC(=O)CSc2nnc(NC(=O)c3c(-c4ccccc4Cl)noc3C)s2)cc1. The number of amides is 3. The summed E-state index contributed by atoms with van der Waals surface area (Å²) in [6, 6.07) is 13.8. The largest absolute Gasteiger partial charge is 0.360 e. The van der Waals surface area contributed by atoms with E-state index in [9.17, 15) is 14.4 Å². The monoisotopic (exact) mass is 542 g/mol. The molecule has 0 radical (unpaired) electrons. The molecule has 184 valence electrons. The van der Waals surface area contributed by atoms with Crippen molar-refractivity contribution in [3.05, 3.63) is 64.9 Å². The summed E-state index contributed by atoms with van der Waals surface area (Å²) in [5.41, 5.74) is 2.38. The molecule has 0 atom stereocenters. The van der Waals surface area contributed by atoms with E-state index in [1.54, 1.807) is 55.5 Å². The molecule has 36 heavy (non-hydrogen) atoms. The normalized spacial score (nSPS) is 10.6. The molecular formula is C23H19ClN6O4S2. The van der Waals surface area contributed by atoms with E-state index in [2.05, 4.69) is 31.3 Å². The van der Waals surface area contributed by atoms with Gasteiger partial charge in [0, 0.05) is 23.9 Å². The first kappa shape index (κ1) is 25.4. The number of benzene rings is 2. The average molecular weight is 543 g/mol. The zero-order valence-electron chi connectivity index (χ0n) is 19.0. The first-order valence-corrected chi connectivity index (χ1v) is 12.6. The quantitative estimate of drug-likeness (QED) is 0.206. The van der Waals surface area contributed by atoms with Crippen LogP contribution in [-0.4, -0.2) is 38.8 Å². The number of aromatic nitrogens is 3. The average Bonchev–Trinajstić information content (AvgIpc) is 3.45. The fourth-order valence-corrected chi connectivity index (χ4v) is 4.89. The minimum atomic E-state index is -0.461. The van der Waals surface area contributed by atoms with Gasteiger partial charge in [-0.2, -0.15) is 0 Å². The molecule has 2 aromatic carbocycles. The number of hydrogen-bond donors (Lipinski definition) is 3. The van der Waals surface area contributed by atoms with Crippen LogP contribution in [0.15, 0.2) is 57.4 Å². The molecule has 2 aromatic heterocycles. The fraction of sp³-hybridized carbons (Fsp3) is 0.130. The van der Waals surface area contributed by atoms with E-state index in [1.165, 1.54) is 18.7 Å². The Morgan fingerprint density at radius 2 is 1.69 bits per heavy atom. The number of halogens is 1. The van der Waals surface area contributed by atoms with Crippen molar-refractivity contribution in [2.75, 3.05) is 21.7 Å². The maximum Gasteiger partial charge on any atom is 0.263 e.